The van der Waals surface area contributed by atoms with E-state index in [4.69, 9.17) is 28.4 Å². The highest BCUT2D eigenvalue weighted by atomic mass is 16.8. The van der Waals surface area contributed by atoms with Crippen LogP contribution in [0.15, 0.2) is 24.3 Å². The minimum absolute atomic E-state index is 0.235. The molecule has 0 aliphatic carbocycles. The zero-order valence-corrected chi connectivity index (χ0v) is 66.0. The predicted molar refractivity (Wildman–Crippen MR) is 416 cm³/mol. The van der Waals surface area contributed by atoms with Gasteiger partial charge in [0.15, 0.2) is 18.9 Å². The molecule has 3 aliphatic rings. The Hall–Kier alpha value is -1.73. The molecule has 3 saturated heterocycles. The second-order valence-electron chi connectivity index (χ2n) is 31.4. The van der Waals surface area contributed by atoms with E-state index in [1.807, 2.05) is 0 Å². The van der Waals surface area contributed by atoms with Crippen molar-refractivity contribution < 1.29 is 89.4 Å². The molecule has 614 valence electrons. The van der Waals surface area contributed by atoms with Crippen LogP contribution in [0, 0.1) is 0 Å². The lowest BCUT2D eigenvalue weighted by Gasteiger charge is -2.48. The summed E-state index contributed by atoms with van der Waals surface area (Å²) in [6, 6.07) is -0.887. The number of nitrogens with one attached hydrogen (secondary N) is 1. The lowest BCUT2D eigenvalue weighted by atomic mass is 9.96. The van der Waals surface area contributed by atoms with Crippen molar-refractivity contribution in [3.05, 3.63) is 24.3 Å². The van der Waals surface area contributed by atoms with Crippen LogP contribution in [-0.2, 0) is 33.2 Å². The molecule has 3 rings (SSSR count). The summed E-state index contributed by atoms with van der Waals surface area (Å²) in [5, 5.41) is 121. The van der Waals surface area contributed by atoms with E-state index in [0.29, 0.717) is 12.8 Å². The Balaban J connectivity index is 1.34. The van der Waals surface area contributed by atoms with Gasteiger partial charge in [-0.15, -0.1) is 0 Å². The topological polar surface area (TPSA) is 307 Å². The molecule has 1 amide bonds. The fourth-order valence-corrected chi connectivity index (χ4v) is 15.1. The van der Waals surface area contributed by atoms with E-state index in [0.717, 1.165) is 51.4 Å². The number of allylic oxidation sites excluding steroid dienone is 4. The third-order valence-corrected chi connectivity index (χ3v) is 22.0. The van der Waals surface area contributed by atoms with Crippen molar-refractivity contribution in [3.8, 4) is 0 Å². The van der Waals surface area contributed by atoms with Gasteiger partial charge in [0.05, 0.1) is 38.6 Å². The van der Waals surface area contributed by atoms with Gasteiger partial charge in [-0.25, -0.2) is 0 Å². The molecule has 0 radical (unpaired) electrons. The highest BCUT2D eigenvalue weighted by Gasteiger charge is 2.54. The Labute approximate surface area is 632 Å². The van der Waals surface area contributed by atoms with Crippen LogP contribution in [0.25, 0.3) is 0 Å². The van der Waals surface area contributed by atoms with Crippen molar-refractivity contribution in [2.75, 3.05) is 26.4 Å². The number of hydrogen-bond donors (Lipinski definition) is 12. The molecular formula is C85H161NO18. The van der Waals surface area contributed by atoms with Crippen molar-refractivity contribution in [2.45, 2.75) is 484 Å². The van der Waals surface area contributed by atoms with Crippen molar-refractivity contribution >= 4 is 5.91 Å². The number of carbonyl (C=O) groups excluding carboxylic acids is 1. The second kappa shape index (κ2) is 65.9. The van der Waals surface area contributed by atoms with Gasteiger partial charge in [-0.2, -0.15) is 0 Å². The molecule has 19 nitrogen and oxygen atoms in total. The Bertz CT molecular complexity index is 1970. The van der Waals surface area contributed by atoms with Gasteiger partial charge < -0.3 is 89.9 Å². The average Bonchev–Trinajstić information content (AvgIpc) is 0.781. The summed E-state index contributed by atoms with van der Waals surface area (Å²) in [6.07, 6.45) is 54.2. The molecular weight excluding hydrogens is 1320 g/mol. The van der Waals surface area contributed by atoms with E-state index in [2.05, 4.69) is 43.5 Å². The van der Waals surface area contributed by atoms with Crippen LogP contribution >= 0.6 is 0 Å². The SMILES string of the molecule is CCCCCCC/C=C\C/C=C\CCCCCCCCCCCCCCCCCCCC(=O)NC(COC1OC(CO)C(OC2OC(CO)C(OC3OC(CO)C(O)C(O)C3O)C(O)C2O)C(O)C1O)C(O)CCCCCCCCCCCCCCCCCCCCCCCCCCCCCCCC. The molecule has 0 spiro atoms. The number of aliphatic hydroxyl groups excluding tert-OH is 11. The Morgan fingerprint density at radius 1 is 0.346 bits per heavy atom. The quantitative estimate of drug-likeness (QED) is 0.0199. The minimum atomic E-state index is -1.97. The standard InChI is InChI=1S/C85H161NO18/c1-3-5-7-9-11-13-15-17-19-21-23-25-27-29-31-33-35-36-38-40-42-44-46-48-50-52-54-56-58-60-62-69(90)68(86-73(91)63-61-59-57-55-53-51-49-47-45-43-41-39-37-34-32-30-28-26-24-22-20-18-16-14-12-10-8-6-4-2)67-99-83-79(97)76(94)81(71(65-88)101-83)104-85-80(98)77(95)82(72(66-89)102-85)103-84-78(96)75(93)74(92)70(64-87)100-84/h16,18,22,24,68-72,74-85,87-90,92-98H,3-15,17,19-21,23,25-67H2,1-2H3,(H,86,91)/b18-16-,24-22-. The van der Waals surface area contributed by atoms with Crippen LogP contribution < -0.4 is 5.32 Å². The van der Waals surface area contributed by atoms with E-state index in [1.165, 1.54) is 295 Å². The molecule has 0 bridgehead atoms. The zero-order valence-electron chi connectivity index (χ0n) is 66.0. The smallest absolute Gasteiger partial charge is 0.220 e. The lowest BCUT2D eigenvalue weighted by Crippen LogP contribution is -2.66. The van der Waals surface area contributed by atoms with Gasteiger partial charge in [0.25, 0.3) is 0 Å². The van der Waals surface area contributed by atoms with Crippen molar-refractivity contribution in [2.24, 2.45) is 0 Å². The summed E-state index contributed by atoms with van der Waals surface area (Å²) in [6.45, 7) is 1.86. The van der Waals surface area contributed by atoms with Crippen molar-refractivity contribution in [1.82, 2.24) is 5.32 Å². The van der Waals surface area contributed by atoms with E-state index < -0.39 is 124 Å². The van der Waals surface area contributed by atoms with Crippen LogP contribution in [0.3, 0.4) is 0 Å². The van der Waals surface area contributed by atoms with Crippen LogP contribution in [0.2, 0.25) is 0 Å². The molecule has 3 fully saturated rings. The van der Waals surface area contributed by atoms with Gasteiger partial charge in [-0.3, -0.25) is 4.79 Å². The van der Waals surface area contributed by atoms with Gasteiger partial charge in [0.1, 0.15) is 73.2 Å². The highest BCUT2D eigenvalue weighted by molar-refractivity contribution is 5.76. The molecule has 0 aromatic rings. The number of rotatable bonds is 71. The molecule has 0 aromatic heterocycles. The number of amides is 1. The number of carbonyl (C=O) groups is 1. The lowest BCUT2D eigenvalue weighted by molar-refractivity contribution is -0.379. The predicted octanol–water partition coefficient (Wildman–Crippen LogP) is 15.7. The summed E-state index contributed by atoms with van der Waals surface area (Å²) in [5.74, 6) is -0.235. The normalized spacial score (nSPS) is 26.0. The average molecular weight is 1490 g/mol. The Morgan fingerprint density at radius 3 is 0.981 bits per heavy atom. The highest BCUT2D eigenvalue weighted by Crippen LogP contribution is 2.34. The van der Waals surface area contributed by atoms with Gasteiger partial charge in [0.2, 0.25) is 5.91 Å². The monoisotopic (exact) mass is 1480 g/mol. The summed E-state index contributed by atoms with van der Waals surface area (Å²) in [4.78, 5) is 13.5. The third kappa shape index (κ3) is 44.9. The maximum Gasteiger partial charge on any atom is 0.220 e. The number of hydrogen-bond acceptors (Lipinski definition) is 18. The van der Waals surface area contributed by atoms with Crippen LogP contribution in [0.1, 0.15) is 380 Å². The van der Waals surface area contributed by atoms with Gasteiger partial charge in [0, 0.05) is 6.42 Å². The second-order valence-corrected chi connectivity index (χ2v) is 31.4. The minimum Gasteiger partial charge on any atom is -0.394 e. The first-order valence-electron chi connectivity index (χ1n) is 43.6. The maximum absolute atomic E-state index is 13.5. The first kappa shape index (κ1) is 96.5. The molecule has 3 aliphatic heterocycles. The molecule has 0 saturated carbocycles. The van der Waals surface area contributed by atoms with Gasteiger partial charge in [-0.05, 0) is 44.9 Å². The zero-order chi connectivity index (χ0) is 75.3. The molecule has 0 aromatic carbocycles. The van der Waals surface area contributed by atoms with E-state index >= 15 is 0 Å². The van der Waals surface area contributed by atoms with Crippen LogP contribution in [0.4, 0.5) is 0 Å². The van der Waals surface area contributed by atoms with Gasteiger partial charge >= 0.3 is 0 Å². The van der Waals surface area contributed by atoms with Gasteiger partial charge in [-0.1, -0.05) is 353 Å². The molecule has 17 atom stereocenters. The number of aliphatic hydroxyl groups is 11. The maximum atomic E-state index is 13.5. The third-order valence-electron chi connectivity index (χ3n) is 22.0. The summed E-state index contributed by atoms with van der Waals surface area (Å²) in [5.41, 5.74) is 0. The summed E-state index contributed by atoms with van der Waals surface area (Å²) in [7, 11) is 0. The molecule has 3 heterocycles. The van der Waals surface area contributed by atoms with Crippen LogP contribution in [-0.4, -0.2) is 193 Å². The Morgan fingerprint density at radius 2 is 0.635 bits per heavy atom. The van der Waals surface area contributed by atoms with E-state index in [9.17, 15) is 61.0 Å². The largest absolute Gasteiger partial charge is 0.394 e. The molecule has 12 N–H and O–H groups in total. The van der Waals surface area contributed by atoms with E-state index in [-0.39, 0.29) is 18.9 Å². The van der Waals surface area contributed by atoms with E-state index in [1.54, 1.807) is 0 Å². The summed E-state index contributed by atoms with van der Waals surface area (Å²) < 4.78 is 34.6. The fraction of sp³-hybridized carbons (Fsp3) is 0.941. The Kier molecular flexibility index (Phi) is 61.2. The van der Waals surface area contributed by atoms with Crippen LogP contribution in [0.5, 0.6) is 0 Å². The molecule has 17 unspecified atom stereocenters. The fourth-order valence-electron chi connectivity index (χ4n) is 15.1. The molecule has 19 heteroatoms. The number of ether oxygens (including phenoxy) is 6. The van der Waals surface area contributed by atoms with Crippen molar-refractivity contribution in [3.63, 3.8) is 0 Å². The first-order chi connectivity index (χ1) is 50.8. The first-order valence-corrected chi connectivity index (χ1v) is 43.6. The molecule has 104 heavy (non-hydrogen) atoms. The van der Waals surface area contributed by atoms with Crippen molar-refractivity contribution in [1.29, 1.82) is 0 Å². The number of unbranched alkanes of at least 4 members (excludes halogenated alkanes) is 51. The summed E-state index contributed by atoms with van der Waals surface area (Å²) >= 11 is 0.